The van der Waals surface area contributed by atoms with Crippen LogP contribution in [-0.2, 0) is 11.3 Å². The molecular weight excluding hydrogens is 424 g/mol. The summed E-state index contributed by atoms with van der Waals surface area (Å²) in [6.45, 7) is 0.465. The Balaban J connectivity index is 1.27. The van der Waals surface area contributed by atoms with Crippen molar-refractivity contribution >= 4 is 11.7 Å². The number of rotatable bonds is 8. The number of aliphatic hydroxyl groups excluding tert-OH is 1. The Morgan fingerprint density at radius 2 is 2.15 bits per heavy atom. The molecule has 0 aliphatic carbocycles. The van der Waals surface area contributed by atoms with E-state index < -0.39 is 6.10 Å². The van der Waals surface area contributed by atoms with E-state index in [-0.39, 0.29) is 24.8 Å². The molecule has 2 amide bonds. The smallest absolute Gasteiger partial charge is 0.319 e. The predicted octanol–water partition coefficient (Wildman–Crippen LogP) is 2.47. The molecule has 2 aromatic heterocycles. The summed E-state index contributed by atoms with van der Waals surface area (Å²) in [4.78, 5) is 16.6. The number of benzene rings is 1. The average molecular weight is 453 g/mol. The van der Waals surface area contributed by atoms with E-state index in [0.29, 0.717) is 24.4 Å². The van der Waals surface area contributed by atoms with Gasteiger partial charge in [0, 0.05) is 24.5 Å². The van der Waals surface area contributed by atoms with E-state index in [9.17, 15) is 9.90 Å². The van der Waals surface area contributed by atoms with E-state index in [1.54, 1.807) is 36.3 Å². The van der Waals surface area contributed by atoms with Crippen LogP contribution in [0, 0.1) is 0 Å². The van der Waals surface area contributed by atoms with Gasteiger partial charge in [-0.15, -0.1) is 5.10 Å². The predicted molar refractivity (Wildman–Crippen MR) is 122 cm³/mol. The van der Waals surface area contributed by atoms with Gasteiger partial charge in [-0.25, -0.2) is 4.79 Å². The molecule has 10 nitrogen and oxygen atoms in total. The lowest BCUT2D eigenvalue weighted by molar-refractivity contribution is -0.0905. The van der Waals surface area contributed by atoms with Gasteiger partial charge < -0.3 is 25.2 Å². The van der Waals surface area contributed by atoms with Gasteiger partial charge in [0.2, 0.25) is 0 Å². The molecule has 0 radical (unpaired) electrons. The lowest BCUT2D eigenvalue weighted by atomic mass is 9.97. The number of nitrogens with one attached hydrogen (secondary N) is 2. The Kier molecular flexibility index (Phi) is 7.48. The van der Waals surface area contributed by atoms with Crippen molar-refractivity contribution in [3.05, 3.63) is 55.0 Å². The number of anilines is 1. The van der Waals surface area contributed by atoms with E-state index in [1.165, 1.54) is 0 Å². The molecule has 3 aromatic rings. The third-order valence-electron chi connectivity index (χ3n) is 5.64. The maximum Gasteiger partial charge on any atom is 0.319 e. The molecular formula is C23H28N6O4. The van der Waals surface area contributed by atoms with Crippen molar-refractivity contribution in [1.82, 2.24) is 25.3 Å². The van der Waals surface area contributed by atoms with Gasteiger partial charge in [-0.2, -0.15) is 0 Å². The van der Waals surface area contributed by atoms with E-state index in [1.807, 2.05) is 30.5 Å². The van der Waals surface area contributed by atoms with Crippen molar-refractivity contribution in [2.45, 2.75) is 44.1 Å². The first-order chi connectivity index (χ1) is 16.2. The lowest BCUT2D eigenvalue weighted by Gasteiger charge is -2.36. The van der Waals surface area contributed by atoms with E-state index in [0.717, 1.165) is 24.1 Å². The van der Waals surface area contributed by atoms with Gasteiger partial charge in [-0.05, 0) is 43.5 Å². The second kappa shape index (κ2) is 10.9. The van der Waals surface area contributed by atoms with Crippen molar-refractivity contribution in [3.8, 4) is 17.0 Å². The zero-order valence-electron chi connectivity index (χ0n) is 18.4. The summed E-state index contributed by atoms with van der Waals surface area (Å²) in [5, 5.41) is 23.9. The summed E-state index contributed by atoms with van der Waals surface area (Å²) in [6, 6.07) is 10.3. The van der Waals surface area contributed by atoms with Crippen LogP contribution < -0.4 is 15.4 Å². The van der Waals surface area contributed by atoms with Gasteiger partial charge >= 0.3 is 6.03 Å². The highest BCUT2D eigenvalue weighted by molar-refractivity contribution is 5.91. The fraction of sp³-hybridized carbons (Fsp3) is 0.391. The normalized spacial score (nSPS) is 20.2. The van der Waals surface area contributed by atoms with Crippen molar-refractivity contribution in [3.63, 3.8) is 0 Å². The van der Waals surface area contributed by atoms with Crippen LogP contribution in [0.15, 0.2) is 55.0 Å². The molecule has 1 fully saturated rings. The molecule has 3 N–H and O–H groups in total. The molecule has 1 aromatic carbocycles. The minimum absolute atomic E-state index is 0.0384. The van der Waals surface area contributed by atoms with Crippen molar-refractivity contribution in [1.29, 1.82) is 0 Å². The van der Waals surface area contributed by atoms with Crippen molar-refractivity contribution in [2.75, 3.05) is 19.0 Å². The SMILES string of the molecule is COc1ccccc1NC(=O)N[C@H]1CC[C@@H](CCn2cc(-c3cccnc3)nn2)O[C@H]1CO. The number of carbonyl (C=O) groups is 1. The number of nitrogens with zero attached hydrogens (tertiary/aromatic N) is 4. The molecule has 1 aliphatic heterocycles. The molecule has 3 heterocycles. The number of methoxy groups -OCH3 is 1. The Bertz CT molecular complexity index is 1040. The minimum atomic E-state index is -0.478. The Morgan fingerprint density at radius 3 is 2.94 bits per heavy atom. The monoisotopic (exact) mass is 452 g/mol. The third-order valence-corrected chi connectivity index (χ3v) is 5.64. The van der Waals surface area contributed by atoms with Gasteiger partial charge in [0.05, 0.1) is 37.7 Å². The highest BCUT2D eigenvalue weighted by atomic mass is 16.5. The van der Waals surface area contributed by atoms with E-state index in [4.69, 9.17) is 9.47 Å². The number of pyridine rings is 1. The summed E-state index contributed by atoms with van der Waals surface area (Å²) in [5.74, 6) is 0.575. The van der Waals surface area contributed by atoms with Crippen molar-refractivity contribution < 1.29 is 19.4 Å². The third kappa shape index (κ3) is 5.85. The number of ether oxygens (including phenoxy) is 2. The number of aryl methyl sites for hydroxylation is 1. The van der Waals surface area contributed by atoms with Gasteiger partial charge in [-0.1, -0.05) is 17.3 Å². The number of amides is 2. The maximum atomic E-state index is 12.5. The zero-order valence-corrected chi connectivity index (χ0v) is 18.4. The molecule has 0 saturated carbocycles. The van der Waals surface area contributed by atoms with Crippen LogP contribution in [-0.4, -0.2) is 63.1 Å². The first-order valence-electron chi connectivity index (χ1n) is 10.9. The lowest BCUT2D eigenvalue weighted by Crippen LogP contribution is -2.52. The fourth-order valence-electron chi connectivity index (χ4n) is 3.91. The number of aliphatic hydroxyl groups is 1. The van der Waals surface area contributed by atoms with Crippen LogP contribution in [0.5, 0.6) is 5.75 Å². The topological polar surface area (TPSA) is 123 Å². The number of para-hydroxylation sites is 2. The van der Waals surface area contributed by atoms with Crippen LogP contribution in [0.4, 0.5) is 10.5 Å². The summed E-state index contributed by atoms with van der Waals surface area (Å²) in [6.07, 6.45) is 7.03. The summed E-state index contributed by atoms with van der Waals surface area (Å²) < 4.78 is 13.1. The average Bonchev–Trinajstić information content (AvgIpc) is 3.33. The fourth-order valence-corrected chi connectivity index (χ4v) is 3.91. The van der Waals surface area contributed by atoms with Gasteiger partial charge in [0.25, 0.3) is 0 Å². The number of carbonyl (C=O) groups excluding carboxylic acids is 1. The molecule has 3 atom stereocenters. The molecule has 4 rings (SSSR count). The van der Waals surface area contributed by atoms with Gasteiger partial charge in [0.15, 0.2) is 0 Å². The Labute approximate surface area is 191 Å². The standard InChI is InChI=1S/C23H28N6O4/c1-32-21-7-3-2-6-18(21)25-23(31)26-19-9-8-17(33-22(19)15-30)10-12-29-14-20(27-28-29)16-5-4-11-24-13-16/h2-7,11,13-14,17,19,22,30H,8-10,12,15H2,1H3,(H2,25,26,31)/t17-,19-,22-/m0/s1. The molecule has 0 spiro atoms. The highest BCUT2D eigenvalue weighted by Crippen LogP contribution is 2.25. The van der Waals surface area contributed by atoms with Crippen LogP contribution in [0.25, 0.3) is 11.3 Å². The molecule has 0 bridgehead atoms. The molecule has 33 heavy (non-hydrogen) atoms. The molecule has 1 aliphatic rings. The summed E-state index contributed by atoms with van der Waals surface area (Å²) in [5.41, 5.74) is 2.26. The van der Waals surface area contributed by atoms with Crippen molar-refractivity contribution in [2.24, 2.45) is 0 Å². The summed E-state index contributed by atoms with van der Waals surface area (Å²) >= 11 is 0. The minimum Gasteiger partial charge on any atom is -0.495 e. The number of aromatic nitrogens is 4. The largest absolute Gasteiger partial charge is 0.495 e. The van der Waals surface area contributed by atoms with Crippen LogP contribution in [0.3, 0.4) is 0 Å². The summed E-state index contributed by atoms with van der Waals surface area (Å²) in [7, 11) is 1.55. The molecule has 10 heteroatoms. The van der Waals surface area contributed by atoms with E-state index in [2.05, 4.69) is 25.9 Å². The number of urea groups is 1. The number of hydrogen-bond acceptors (Lipinski definition) is 7. The van der Waals surface area contributed by atoms with Crippen LogP contribution in [0.2, 0.25) is 0 Å². The Hall–Kier alpha value is -3.50. The Morgan fingerprint density at radius 1 is 1.27 bits per heavy atom. The zero-order chi connectivity index (χ0) is 23.0. The molecule has 174 valence electrons. The maximum absolute atomic E-state index is 12.5. The first-order valence-corrected chi connectivity index (χ1v) is 10.9. The highest BCUT2D eigenvalue weighted by Gasteiger charge is 2.32. The van der Waals surface area contributed by atoms with Crippen LogP contribution in [0.1, 0.15) is 19.3 Å². The number of hydrogen-bond donors (Lipinski definition) is 3. The second-order valence-electron chi connectivity index (χ2n) is 7.86. The van der Waals surface area contributed by atoms with Gasteiger partial charge in [-0.3, -0.25) is 9.67 Å². The molecule has 1 saturated heterocycles. The van der Waals surface area contributed by atoms with E-state index >= 15 is 0 Å². The molecule has 0 unspecified atom stereocenters. The van der Waals surface area contributed by atoms with Crippen LogP contribution >= 0.6 is 0 Å². The van der Waals surface area contributed by atoms with Gasteiger partial charge in [0.1, 0.15) is 17.5 Å². The first kappa shape index (κ1) is 22.7. The second-order valence-corrected chi connectivity index (χ2v) is 7.86. The quantitative estimate of drug-likeness (QED) is 0.480.